The van der Waals surface area contributed by atoms with Crippen LogP contribution in [0.1, 0.15) is 57.2 Å². The summed E-state index contributed by atoms with van der Waals surface area (Å²) in [5.41, 5.74) is 1.13. The lowest BCUT2D eigenvalue weighted by Crippen LogP contribution is -2.13. The smallest absolute Gasteiger partial charge is 0.122 e. The second-order valence-corrected chi connectivity index (χ2v) is 5.23. The van der Waals surface area contributed by atoms with Gasteiger partial charge in [-0.2, -0.15) is 5.10 Å². The summed E-state index contributed by atoms with van der Waals surface area (Å²) in [7, 11) is 0. The van der Waals surface area contributed by atoms with E-state index in [0.29, 0.717) is 6.04 Å². The molecule has 1 aromatic rings. The van der Waals surface area contributed by atoms with E-state index in [1.54, 1.807) is 0 Å². The van der Waals surface area contributed by atoms with Gasteiger partial charge >= 0.3 is 0 Å². The van der Waals surface area contributed by atoms with E-state index in [9.17, 15) is 4.79 Å². The van der Waals surface area contributed by atoms with E-state index in [-0.39, 0.29) is 5.92 Å². The van der Waals surface area contributed by atoms with Gasteiger partial charge in [-0.3, -0.25) is 4.68 Å². The van der Waals surface area contributed by atoms with Gasteiger partial charge in [0.15, 0.2) is 0 Å². The Morgan fingerprint density at radius 1 is 1.47 bits per heavy atom. The molecule has 1 saturated carbocycles. The van der Waals surface area contributed by atoms with Crippen LogP contribution in [0.4, 0.5) is 0 Å². The van der Waals surface area contributed by atoms with Crippen molar-refractivity contribution in [2.45, 2.75) is 57.9 Å². The van der Waals surface area contributed by atoms with Crippen LogP contribution >= 0.6 is 0 Å². The topological polar surface area (TPSA) is 34.9 Å². The number of aldehydes is 1. The van der Waals surface area contributed by atoms with Gasteiger partial charge in [0.2, 0.25) is 0 Å². The van der Waals surface area contributed by atoms with E-state index in [4.69, 9.17) is 0 Å². The Morgan fingerprint density at radius 3 is 2.94 bits per heavy atom. The van der Waals surface area contributed by atoms with Crippen LogP contribution in [0.15, 0.2) is 12.3 Å². The van der Waals surface area contributed by atoms with Gasteiger partial charge in [-0.25, -0.2) is 0 Å². The van der Waals surface area contributed by atoms with Crippen LogP contribution in [-0.4, -0.2) is 16.1 Å². The van der Waals surface area contributed by atoms with Crippen LogP contribution in [0.25, 0.3) is 0 Å². The molecule has 1 atom stereocenters. The summed E-state index contributed by atoms with van der Waals surface area (Å²) in [5, 5.41) is 4.64. The molecular formula is C14H22N2O. The molecule has 0 aromatic carbocycles. The first-order chi connectivity index (χ1) is 8.29. The van der Waals surface area contributed by atoms with Gasteiger partial charge in [0.1, 0.15) is 6.29 Å². The highest BCUT2D eigenvalue weighted by molar-refractivity contribution is 5.52. The molecule has 0 radical (unpaired) electrons. The number of nitrogens with zero attached hydrogens (tertiary/aromatic N) is 2. The Labute approximate surface area is 103 Å². The summed E-state index contributed by atoms with van der Waals surface area (Å²) in [6, 6.07) is 2.72. The first-order valence-corrected chi connectivity index (χ1v) is 6.79. The lowest BCUT2D eigenvalue weighted by Gasteiger charge is -2.21. The number of hydrogen-bond donors (Lipinski definition) is 0. The first kappa shape index (κ1) is 12.3. The Bertz CT molecular complexity index is 353. The minimum atomic E-state index is 0.148. The zero-order valence-electron chi connectivity index (χ0n) is 10.6. The summed E-state index contributed by atoms with van der Waals surface area (Å²) in [6.07, 6.45) is 11.5. The van der Waals surface area contributed by atoms with Crippen molar-refractivity contribution in [1.29, 1.82) is 0 Å². The van der Waals surface area contributed by atoms with E-state index < -0.39 is 0 Å². The van der Waals surface area contributed by atoms with E-state index in [0.717, 1.165) is 24.8 Å². The molecule has 0 spiro atoms. The summed E-state index contributed by atoms with van der Waals surface area (Å²) in [5.74, 6) is 0.148. The third kappa shape index (κ3) is 3.42. The number of aryl methyl sites for hydroxylation is 1. The van der Waals surface area contributed by atoms with Gasteiger partial charge in [0.05, 0.1) is 11.7 Å². The van der Waals surface area contributed by atoms with Crippen molar-refractivity contribution in [3.8, 4) is 0 Å². The van der Waals surface area contributed by atoms with Crippen LogP contribution < -0.4 is 0 Å². The standard InChI is InChI=1S/C14H22N2O/c1-12(11-17)7-8-13-9-10-16(15-13)14-5-3-2-4-6-14/h9-12,14H,2-8H2,1H3. The zero-order valence-corrected chi connectivity index (χ0v) is 10.6. The number of rotatable bonds is 5. The lowest BCUT2D eigenvalue weighted by molar-refractivity contribution is -0.110. The number of carbonyl (C=O) groups excluding carboxylic acids is 1. The van der Waals surface area contributed by atoms with Gasteiger partial charge in [-0.1, -0.05) is 26.2 Å². The van der Waals surface area contributed by atoms with Gasteiger partial charge in [-0.05, 0) is 31.7 Å². The van der Waals surface area contributed by atoms with Crippen LogP contribution in [0.5, 0.6) is 0 Å². The minimum absolute atomic E-state index is 0.148. The van der Waals surface area contributed by atoms with Gasteiger partial charge in [0, 0.05) is 12.1 Å². The van der Waals surface area contributed by atoms with E-state index in [1.165, 1.54) is 32.1 Å². The largest absolute Gasteiger partial charge is 0.303 e. The molecule has 1 fully saturated rings. The Kier molecular flexibility index (Phi) is 4.35. The molecular weight excluding hydrogens is 212 g/mol. The molecule has 1 unspecified atom stereocenters. The average molecular weight is 234 g/mol. The molecule has 1 aliphatic rings. The lowest BCUT2D eigenvalue weighted by atomic mass is 9.96. The minimum Gasteiger partial charge on any atom is -0.303 e. The normalized spacial score (nSPS) is 19.1. The Hall–Kier alpha value is -1.12. The molecule has 0 bridgehead atoms. The summed E-state index contributed by atoms with van der Waals surface area (Å²) >= 11 is 0. The van der Waals surface area contributed by atoms with Crippen LogP contribution in [0.2, 0.25) is 0 Å². The highest BCUT2D eigenvalue weighted by Gasteiger charge is 2.15. The van der Waals surface area contributed by atoms with Crippen molar-refractivity contribution in [3.63, 3.8) is 0 Å². The fraction of sp³-hybridized carbons (Fsp3) is 0.714. The monoisotopic (exact) mass is 234 g/mol. The molecule has 2 rings (SSSR count). The number of hydrogen-bond acceptors (Lipinski definition) is 2. The summed E-state index contributed by atoms with van der Waals surface area (Å²) in [6.45, 7) is 1.96. The SMILES string of the molecule is CC(C=O)CCc1ccn(C2CCCCC2)n1. The van der Waals surface area contributed by atoms with Gasteiger partial charge in [-0.15, -0.1) is 0 Å². The molecule has 3 heteroatoms. The molecule has 0 saturated heterocycles. The fourth-order valence-corrected chi connectivity index (χ4v) is 2.50. The maximum absolute atomic E-state index is 10.6. The van der Waals surface area contributed by atoms with Gasteiger partial charge in [0.25, 0.3) is 0 Å². The maximum atomic E-state index is 10.6. The van der Waals surface area contributed by atoms with Crippen molar-refractivity contribution in [3.05, 3.63) is 18.0 Å². The first-order valence-electron chi connectivity index (χ1n) is 6.79. The molecule has 1 aliphatic carbocycles. The van der Waals surface area contributed by atoms with Crippen molar-refractivity contribution in [1.82, 2.24) is 9.78 Å². The van der Waals surface area contributed by atoms with Crippen LogP contribution in [0.3, 0.4) is 0 Å². The summed E-state index contributed by atoms with van der Waals surface area (Å²) < 4.78 is 2.14. The molecule has 1 aromatic heterocycles. The van der Waals surface area contributed by atoms with Crippen molar-refractivity contribution < 1.29 is 4.79 Å². The third-order valence-corrected chi connectivity index (χ3v) is 3.70. The molecule has 94 valence electrons. The quantitative estimate of drug-likeness (QED) is 0.733. The van der Waals surface area contributed by atoms with Crippen molar-refractivity contribution in [2.75, 3.05) is 0 Å². The predicted octanol–water partition coefficient (Wildman–Crippen LogP) is 3.16. The van der Waals surface area contributed by atoms with E-state index >= 15 is 0 Å². The molecule has 0 N–H and O–H groups in total. The fourth-order valence-electron chi connectivity index (χ4n) is 2.50. The van der Waals surface area contributed by atoms with E-state index in [2.05, 4.69) is 22.0 Å². The second-order valence-electron chi connectivity index (χ2n) is 5.23. The zero-order chi connectivity index (χ0) is 12.1. The second kappa shape index (κ2) is 5.99. The molecule has 1 heterocycles. The highest BCUT2D eigenvalue weighted by Crippen LogP contribution is 2.27. The Morgan fingerprint density at radius 2 is 2.24 bits per heavy atom. The molecule has 3 nitrogen and oxygen atoms in total. The summed E-state index contributed by atoms with van der Waals surface area (Å²) in [4.78, 5) is 10.6. The number of aromatic nitrogens is 2. The Balaban J connectivity index is 1.88. The van der Waals surface area contributed by atoms with Gasteiger partial charge < -0.3 is 4.79 Å². The van der Waals surface area contributed by atoms with Crippen molar-refractivity contribution >= 4 is 6.29 Å². The van der Waals surface area contributed by atoms with Crippen molar-refractivity contribution in [2.24, 2.45) is 5.92 Å². The van der Waals surface area contributed by atoms with E-state index in [1.807, 2.05) is 6.92 Å². The predicted molar refractivity (Wildman–Crippen MR) is 67.9 cm³/mol. The van der Waals surface area contributed by atoms with Crippen LogP contribution in [-0.2, 0) is 11.2 Å². The molecule has 17 heavy (non-hydrogen) atoms. The average Bonchev–Trinajstić information content (AvgIpc) is 2.86. The third-order valence-electron chi connectivity index (χ3n) is 3.70. The number of carbonyl (C=O) groups is 1. The van der Waals surface area contributed by atoms with Crippen LogP contribution in [0, 0.1) is 5.92 Å². The highest BCUT2D eigenvalue weighted by atomic mass is 16.1. The maximum Gasteiger partial charge on any atom is 0.122 e. The molecule has 0 aliphatic heterocycles. The molecule has 0 amide bonds.